The summed E-state index contributed by atoms with van der Waals surface area (Å²) < 4.78 is 0. The van der Waals surface area contributed by atoms with E-state index in [0.717, 1.165) is 54.6 Å². The third-order valence-electron chi connectivity index (χ3n) is 7.27. The van der Waals surface area contributed by atoms with Gasteiger partial charge in [0.2, 0.25) is 5.95 Å². The van der Waals surface area contributed by atoms with Crippen molar-refractivity contribution >= 4 is 17.7 Å². The molecule has 2 aromatic rings. The Kier molecular flexibility index (Phi) is 9.80. The number of fused-ring (bicyclic) bond motifs is 5. The summed E-state index contributed by atoms with van der Waals surface area (Å²) in [7, 11) is 2.23. The zero-order chi connectivity index (χ0) is 24.6. The summed E-state index contributed by atoms with van der Waals surface area (Å²) in [5.41, 5.74) is 12.1. The van der Waals surface area contributed by atoms with Crippen LogP contribution in [0.15, 0.2) is 23.2 Å². The monoisotopic (exact) mass is 497 g/mol. The van der Waals surface area contributed by atoms with Gasteiger partial charge in [0.15, 0.2) is 0 Å². The van der Waals surface area contributed by atoms with E-state index in [1.807, 2.05) is 0 Å². The normalized spacial score (nSPS) is 20.0. The average molecular weight is 498 g/mol. The van der Waals surface area contributed by atoms with E-state index in [4.69, 9.17) is 5.73 Å². The van der Waals surface area contributed by atoms with Gasteiger partial charge in [-0.3, -0.25) is 4.90 Å². The van der Waals surface area contributed by atoms with Gasteiger partial charge in [-0.25, -0.2) is 9.97 Å². The Morgan fingerprint density at radius 1 is 0.886 bits per heavy atom. The van der Waals surface area contributed by atoms with Gasteiger partial charge in [-0.1, -0.05) is 6.07 Å². The minimum atomic E-state index is 0.358. The van der Waals surface area contributed by atoms with Crippen LogP contribution in [0.3, 0.4) is 0 Å². The molecular weight excluding hydrogens is 454 g/mol. The molecule has 0 atom stereocenters. The third kappa shape index (κ3) is 7.89. The van der Waals surface area contributed by atoms with Crippen LogP contribution < -0.4 is 11.1 Å². The van der Waals surface area contributed by atoms with Crippen LogP contribution in [0.4, 0.5) is 5.95 Å². The van der Waals surface area contributed by atoms with Crippen molar-refractivity contribution in [2.24, 2.45) is 0 Å². The van der Waals surface area contributed by atoms with Gasteiger partial charge in [0, 0.05) is 57.1 Å². The zero-order valence-corrected chi connectivity index (χ0v) is 22.7. The van der Waals surface area contributed by atoms with Crippen molar-refractivity contribution in [1.82, 2.24) is 30.0 Å². The fourth-order valence-electron chi connectivity index (χ4n) is 4.98. The highest BCUT2D eigenvalue weighted by atomic mass is 32.2. The van der Waals surface area contributed by atoms with E-state index in [0.29, 0.717) is 5.95 Å². The first kappa shape index (κ1) is 26.4. The number of thioether (sulfide) groups is 1. The fourth-order valence-corrected chi connectivity index (χ4v) is 5.82. The van der Waals surface area contributed by atoms with Crippen molar-refractivity contribution < 1.29 is 0 Å². The van der Waals surface area contributed by atoms with Crippen LogP contribution in [-0.4, -0.2) is 96.4 Å². The van der Waals surface area contributed by atoms with E-state index in [2.05, 4.69) is 69.1 Å². The van der Waals surface area contributed by atoms with Crippen molar-refractivity contribution in [3.8, 4) is 11.3 Å². The molecule has 1 aromatic carbocycles. The highest BCUT2D eigenvalue weighted by Gasteiger charge is 2.16. The summed E-state index contributed by atoms with van der Waals surface area (Å²) in [4.78, 5) is 16.8. The molecule has 4 bridgehead atoms. The van der Waals surface area contributed by atoms with Crippen molar-refractivity contribution in [3.05, 3.63) is 34.9 Å². The van der Waals surface area contributed by atoms with Crippen LogP contribution in [0, 0.1) is 13.8 Å². The number of nitrogen functional groups attached to an aromatic ring is 1. The Balaban J connectivity index is 1.43. The van der Waals surface area contributed by atoms with E-state index in [1.165, 1.54) is 68.8 Å². The molecule has 0 spiro atoms. The van der Waals surface area contributed by atoms with Crippen LogP contribution in [-0.2, 0) is 6.54 Å². The maximum absolute atomic E-state index is 6.13. The summed E-state index contributed by atoms with van der Waals surface area (Å²) in [6.45, 7) is 15.7. The highest BCUT2D eigenvalue weighted by molar-refractivity contribution is 7.99. The molecule has 1 saturated heterocycles. The van der Waals surface area contributed by atoms with E-state index in [9.17, 15) is 0 Å². The number of hydrogen-bond acceptors (Lipinski definition) is 8. The molecule has 3 N–H and O–H groups in total. The molecule has 2 aliphatic rings. The van der Waals surface area contributed by atoms with Crippen LogP contribution in [0.2, 0.25) is 0 Å². The lowest BCUT2D eigenvalue weighted by Gasteiger charge is -2.34. The molecule has 8 heteroatoms. The van der Waals surface area contributed by atoms with Crippen molar-refractivity contribution in [1.29, 1.82) is 0 Å². The molecule has 35 heavy (non-hydrogen) atoms. The van der Waals surface area contributed by atoms with Gasteiger partial charge in [0.05, 0.1) is 5.69 Å². The summed E-state index contributed by atoms with van der Waals surface area (Å²) in [6.07, 6.45) is 3.60. The molecule has 0 unspecified atom stereocenters. The van der Waals surface area contributed by atoms with E-state index in [1.54, 1.807) is 11.8 Å². The second-order valence-corrected chi connectivity index (χ2v) is 11.2. The Morgan fingerprint density at radius 3 is 2.43 bits per heavy atom. The van der Waals surface area contributed by atoms with Gasteiger partial charge < -0.3 is 20.9 Å². The standard InChI is InChI=1S/C27H43N7S/c1-21-17-22(2)24-18-23(21)20-29-7-4-5-8-33(14-15-34-12-10-32(3)11-13-34)9-6-16-35-26-19-25(24)30-27(28)31-26/h17-19,29H,4-16,20H2,1-3H3,(H2,28,30,31). The highest BCUT2D eigenvalue weighted by Crippen LogP contribution is 2.29. The van der Waals surface area contributed by atoms with Gasteiger partial charge >= 0.3 is 0 Å². The fraction of sp³-hybridized carbons (Fsp3) is 0.630. The number of aromatic nitrogens is 2. The Labute approximate surface area is 215 Å². The topological polar surface area (TPSA) is 73.5 Å². The maximum Gasteiger partial charge on any atom is 0.221 e. The predicted molar refractivity (Wildman–Crippen MR) is 148 cm³/mol. The molecule has 0 saturated carbocycles. The first-order chi connectivity index (χ1) is 17.0. The summed E-state index contributed by atoms with van der Waals surface area (Å²) >= 11 is 1.80. The number of likely N-dealkylation sites (N-methyl/N-ethyl adjacent to an activating group) is 1. The molecule has 2 aliphatic heterocycles. The molecule has 7 nitrogen and oxygen atoms in total. The van der Waals surface area contributed by atoms with Crippen molar-refractivity contribution in [3.63, 3.8) is 0 Å². The Morgan fingerprint density at radius 2 is 1.63 bits per heavy atom. The second-order valence-electron chi connectivity index (χ2n) is 10.1. The molecule has 1 fully saturated rings. The molecule has 3 heterocycles. The number of aryl methyl sites for hydroxylation is 2. The SMILES string of the molecule is Cc1cc(C)c2cc1CNCCCCN(CCN1CCN(C)CC1)CCCSc1cc-2nc(N)n1. The van der Waals surface area contributed by atoms with Gasteiger partial charge in [0.25, 0.3) is 0 Å². The number of nitrogens with two attached hydrogens (primary N) is 1. The molecule has 1 aromatic heterocycles. The summed E-state index contributed by atoms with van der Waals surface area (Å²) in [5, 5.41) is 4.65. The predicted octanol–water partition coefficient (Wildman–Crippen LogP) is 3.26. The summed E-state index contributed by atoms with van der Waals surface area (Å²) in [6, 6.07) is 6.66. The van der Waals surface area contributed by atoms with Gasteiger partial charge in [0.1, 0.15) is 5.03 Å². The average Bonchev–Trinajstić information content (AvgIpc) is 2.83. The number of benzene rings is 1. The van der Waals surface area contributed by atoms with Gasteiger partial charge in [-0.15, -0.1) is 11.8 Å². The minimum Gasteiger partial charge on any atom is -0.368 e. The zero-order valence-electron chi connectivity index (χ0n) is 21.9. The van der Waals surface area contributed by atoms with E-state index < -0.39 is 0 Å². The molecule has 192 valence electrons. The Hall–Kier alpha value is -1.71. The molecular formula is C27H43N7S. The Bertz CT molecular complexity index is 959. The number of piperazine rings is 1. The largest absolute Gasteiger partial charge is 0.368 e. The maximum atomic E-state index is 6.13. The van der Waals surface area contributed by atoms with E-state index >= 15 is 0 Å². The number of hydrogen-bond donors (Lipinski definition) is 2. The number of nitrogens with one attached hydrogen (secondary N) is 1. The lowest BCUT2D eigenvalue weighted by atomic mass is 9.97. The van der Waals surface area contributed by atoms with Crippen LogP contribution in [0.5, 0.6) is 0 Å². The van der Waals surface area contributed by atoms with Crippen LogP contribution >= 0.6 is 11.8 Å². The lowest BCUT2D eigenvalue weighted by Crippen LogP contribution is -2.47. The smallest absolute Gasteiger partial charge is 0.221 e. The van der Waals surface area contributed by atoms with Gasteiger partial charge in [-0.05, 0) is 88.6 Å². The molecule has 0 radical (unpaired) electrons. The molecule has 4 rings (SSSR count). The number of rotatable bonds is 3. The molecule has 0 aliphatic carbocycles. The molecule has 0 amide bonds. The lowest BCUT2D eigenvalue weighted by molar-refractivity contribution is 0.134. The summed E-state index contributed by atoms with van der Waals surface area (Å²) in [5.74, 6) is 1.40. The van der Waals surface area contributed by atoms with Gasteiger partial charge in [-0.2, -0.15) is 0 Å². The minimum absolute atomic E-state index is 0.358. The number of anilines is 1. The second kappa shape index (κ2) is 13.0. The van der Waals surface area contributed by atoms with E-state index in [-0.39, 0.29) is 0 Å². The van der Waals surface area contributed by atoms with Crippen LogP contribution in [0.25, 0.3) is 11.3 Å². The quantitative estimate of drug-likeness (QED) is 0.626. The third-order valence-corrected chi connectivity index (χ3v) is 8.27. The number of nitrogens with zero attached hydrogens (tertiary/aromatic N) is 5. The first-order valence-electron chi connectivity index (χ1n) is 13.2. The van der Waals surface area contributed by atoms with Crippen LogP contribution in [0.1, 0.15) is 36.0 Å². The first-order valence-corrected chi connectivity index (χ1v) is 14.2. The van der Waals surface area contributed by atoms with Crippen molar-refractivity contribution in [2.45, 2.75) is 44.7 Å². The van der Waals surface area contributed by atoms with Crippen molar-refractivity contribution in [2.75, 3.05) is 77.4 Å².